The van der Waals surface area contributed by atoms with E-state index in [4.69, 9.17) is 5.11 Å². The van der Waals surface area contributed by atoms with Gasteiger partial charge in [-0.1, -0.05) is 0 Å². The van der Waals surface area contributed by atoms with Crippen molar-refractivity contribution < 1.29 is 28.2 Å². The second-order valence-electron chi connectivity index (χ2n) is 4.23. The fourth-order valence-electron chi connectivity index (χ4n) is 1.65. The van der Waals surface area contributed by atoms with Crippen molar-refractivity contribution in [3.8, 4) is 11.5 Å². The zero-order chi connectivity index (χ0) is 15.6. The number of amides is 1. The molecule has 0 aromatic heterocycles. The predicted octanol–water partition coefficient (Wildman–Crippen LogP) is 3.37. The van der Waals surface area contributed by atoms with Gasteiger partial charge in [0.15, 0.2) is 0 Å². The highest BCUT2D eigenvalue weighted by Crippen LogP contribution is 2.30. The van der Waals surface area contributed by atoms with Crippen molar-refractivity contribution in [1.82, 2.24) is 0 Å². The minimum atomic E-state index is -4.45. The van der Waals surface area contributed by atoms with Gasteiger partial charge >= 0.3 is 6.18 Å². The van der Waals surface area contributed by atoms with Gasteiger partial charge in [-0.15, -0.1) is 0 Å². The average Bonchev–Trinajstić information content (AvgIpc) is 2.38. The Labute approximate surface area is 117 Å². The van der Waals surface area contributed by atoms with Crippen LogP contribution in [-0.4, -0.2) is 16.1 Å². The van der Waals surface area contributed by atoms with Crippen LogP contribution in [0.2, 0.25) is 0 Å². The normalized spacial score (nSPS) is 11.2. The number of halogens is 3. The van der Waals surface area contributed by atoms with Crippen LogP contribution in [-0.2, 0) is 6.18 Å². The summed E-state index contributed by atoms with van der Waals surface area (Å²) in [5, 5.41) is 21.0. The number of nitrogens with one attached hydrogen (secondary N) is 1. The first kappa shape index (κ1) is 14.7. The summed E-state index contributed by atoms with van der Waals surface area (Å²) in [4.78, 5) is 11.9. The van der Waals surface area contributed by atoms with Crippen LogP contribution in [0.15, 0.2) is 42.5 Å². The van der Waals surface area contributed by atoms with Crippen LogP contribution in [0, 0.1) is 0 Å². The molecule has 1 amide bonds. The first-order valence-corrected chi connectivity index (χ1v) is 5.78. The Balaban J connectivity index is 2.16. The number of phenols is 2. The van der Waals surface area contributed by atoms with Gasteiger partial charge in [0.05, 0.1) is 11.1 Å². The lowest BCUT2D eigenvalue weighted by atomic mass is 10.1. The number of hydrogen-bond acceptors (Lipinski definition) is 3. The van der Waals surface area contributed by atoms with Crippen molar-refractivity contribution in [2.24, 2.45) is 0 Å². The summed E-state index contributed by atoms with van der Waals surface area (Å²) in [5.74, 6) is -1.34. The summed E-state index contributed by atoms with van der Waals surface area (Å²) in [7, 11) is 0. The van der Waals surface area contributed by atoms with Crippen LogP contribution in [0.5, 0.6) is 11.5 Å². The largest absolute Gasteiger partial charge is 0.508 e. The second kappa shape index (κ2) is 5.35. The summed E-state index contributed by atoms with van der Waals surface area (Å²) >= 11 is 0. The molecule has 0 heterocycles. The monoisotopic (exact) mass is 297 g/mol. The lowest BCUT2D eigenvalue weighted by Gasteiger charge is -2.09. The number of aromatic hydroxyl groups is 2. The lowest BCUT2D eigenvalue weighted by molar-refractivity contribution is -0.137. The second-order valence-corrected chi connectivity index (χ2v) is 4.23. The summed E-state index contributed by atoms with van der Waals surface area (Å²) in [6.07, 6.45) is -4.45. The number of carbonyl (C=O) groups is 1. The zero-order valence-electron chi connectivity index (χ0n) is 10.5. The van der Waals surface area contributed by atoms with E-state index in [1.807, 2.05) is 0 Å². The van der Waals surface area contributed by atoms with Crippen LogP contribution in [0.4, 0.5) is 18.9 Å². The van der Waals surface area contributed by atoms with E-state index in [-0.39, 0.29) is 17.0 Å². The molecule has 2 rings (SSSR count). The number of rotatable bonds is 2. The molecule has 0 spiro atoms. The van der Waals surface area contributed by atoms with E-state index in [1.165, 1.54) is 12.1 Å². The molecule has 4 nitrogen and oxygen atoms in total. The molecule has 0 saturated carbocycles. The minimum absolute atomic E-state index is 0.104. The third-order valence-electron chi connectivity index (χ3n) is 2.70. The smallest absolute Gasteiger partial charge is 0.416 e. The van der Waals surface area contributed by atoms with Gasteiger partial charge in [0, 0.05) is 11.8 Å². The minimum Gasteiger partial charge on any atom is -0.508 e. The molecule has 0 radical (unpaired) electrons. The first-order chi connectivity index (χ1) is 9.77. The molecule has 0 aliphatic rings. The summed E-state index contributed by atoms with van der Waals surface area (Å²) < 4.78 is 37.2. The van der Waals surface area contributed by atoms with E-state index in [1.54, 1.807) is 0 Å². The molecule has 2 aromatic carbocycles. The Morgan fingerprint density at radius 3 is 2.14 bits per heavy atom. The Kier molecular flexibility index (Phi) is 3.75. The molecule has 0 fully saturated rings. The third kappa shape index (κ3) is 3.44. The zero-order valence-corrected chi connectivity index (χ0v) is 10.5. The number of carbonyl (C=O) groups excluding carboxylic acids is 1. The van der Waals surface area contributed by atoms with E-state index < -0.39 is 23.4 Å². The fraction of sp³-hybridized carbons (Fsp3) is 0.0714. The van der Waals surface area contributed by atoms with Crippen LogP contribution < -0.4 is 5.32 Å². The van der Waals surface area contributed by atoms with Crippen LogP contribution >= 0.6 is 0 Å². The standard InChI is InChI=1S/C14H10F3NO3/c15-14(16,17)8-1-3-9(4-2-8)18-13(21)11-6-5-10(19)7-12(11)20/h1-7,19-20H,(H,18,21). The maximum absolute atomic E-state index is 12.4. The topological polar surface area (TPSA) is 69.6 Å². The number of alkyl halides is 3. The van der Waals surface area contributed by atoms with Crippen molar-refractivity contribution >= 4 is 11.6 Å². The number of hydrogen-bond donors (Lipinski definition) is 3. The van der Waals surface area contributed by atoms with Crippen molar-refractivity contribution in [1.29, 1.82) is 0 Å². The summed E-state index contributed by atoms with van der Waals surface area (Å²) in [6, 6.07) is 7.29. The Morgan fingerprint density at radius 2 is 1.62 bits per heavy atom. The predicted molar refractivity (Wildman–Crippen MR) is 69.2 cm³/mol. The first-order valence-electron chi connectivity index (χ1n) is 5.78. The SMILES string of the molecule is O=C(Nc1ccc(C(F)(F)F)cc1)c1ccc(O)cc1O. The van der Waals surface area contributed by atoms with Gasteiger partial charge < -0.3 is 15.5 Å². The molecule has 0 aliphatic carbocycles. The molecule has 0 atom stereocenters. The molecule has 2 aromatic rings. The van der Waals surface area contributed by atoms with E-state index in [0.29, 0.717) is 0 Å². The van der Waals surface area contributed by atoms with Crippen LogP contribution in [0.1, 0.15) is 15.9 Å². The van der Waals surface area contributed by atoms with Gasteiger partial charge in [-0.05, 0) is 36.4 Å². The quantitative estimate of drug-likeness (QED) is 0.796. The van der Waals surface area contributed by atoms with E-state index in [9.17, 15) is 23.1 Å². The molecule has 21 heavy (non-hydrogen) atoms. The van der Waals surface area contributed by atoms with E-state index in [2.05, 4.69) is 5.32 Å². The molecular formula is C14H10F3NO3. The van der Waals surface area contributed by atoms with Crippen LogP contribution in [0.25, 0.3) is 0 Å². The van der Waals surface area contributed by atoms with Gasteiger partial charge in [0.2, 0.25) is 0 Å². The number of phenolic OH excluding ortho intramolecular Hbond substituents is 2. The molecule has 110 valence electrons. The molecule has 7 heteroatoms. The van der Waals surface area contributed by atoms with Crippen molar-refractivity contribution in [2.75, 3.05) is 5.32 Å². The van der Waals surface area contributed by atoms with Gasteiger partial charge in [-0.3, -0.25) is 4.79 Å². The van der Waals surface area contributed by atoms with Crippen molar-refractivity contribution in [3.63, 3.8) is 0 Å². The molecule has 0 bridgehead atoms. The maximum atomic E-state index is 12.4. The number of benzene rings is 2. The fourth-order valence-corrected chi connectivity index (χ4v) is 1.65. The highest BCUT2D eigenvalue weighted by atomic mass is 19.4. The lowest BCUT2D eigenvalue weighted by Crippen LogP contribution is -2.12. The summed E-state index contributed by atoms with van der Waals surface area (Å²) in [5.41, 5.74) is -0.777. The van der Waals surface area contributed by atoms with Crippen LogP contribution in [0.3, 0.4) is 0 Å². The molecular weight excluding hydrogens is 287 g/mol. The van der Waals surface area contributed by atoms with Gasteiger partial charge in [-0.25, -0.2) is 0 Å². The molecule has 0 aliphatic heterocycles. The Bertz CT molecular complexity index is 666. The van der Waals surface area contributed by atoms with Crippen molar-refractivity contribution in [2.45, 2.75) is 6.18 Å². The maximum Gasteiger partial charge on any atom is 0.416 e. The van der Waals surface area contributed by atoms with Gasteiger partial charge in [0.25, 0.3) is 5.91 Å². The van der Waals surface area contributed by atoms with Gasteiger partial charge in [-0.2, -0.15) is 13.2 Å². The highest BCUT2D eigenvalue weighted by molar-refractivity contribution is 6.06. The Morgan fingerprint density at radius 1 is 1.00 bits per heavy atom. The summed E-state index contributed by atoms with van der Waals surface area (Å²) in [6.45, 7) is 0. The van der Waals surface area contributed by atoms with E-state index >= 15 is 0 Å². The molecule has 0 unspecified atom stereocenters. The number of anilines is 1. The average molecular weight is 297 g/mol. The van der Waals surface area contributed by atoms with Gasteiger partial charge in [0.1, 0.15) is 11.5 Å². The molecule has 3 N–H and O–H groups in total. The Hall–Kier alpha value is -2.70. The van der Waals surface area contributed by atoms with Crippen molar-refractivity contribution in [3.05, 3.63) is 53.6 Å². The molecule has 0 saturated heterocycles. The highest BCUT2D eigenvalue weighted by Gasteiger charge is 2.30. The van der Waals surface area contributed by atoms with E-state index in [0.717, 1.165) is 30.3 Å². The third-order valence-corrected chi connectivity index (χ3v) is 2.70.